The predicted molar refractivity (Wildman–Crippen MR) is 103 cm³/mol. The molecule has 0 bridgehead atoms. The van der Waals surface area contributed by atoms with Crippen molar-refractivity contribution in [2.24, 2.45) is 0 Å². The summed E-state index contributed by atoms with van der Waals surface area (Å²) in [6, 6.07) is 0.661. The molecule has 0 fully saturated rings. The van der Waals surface area contributed by atoms with E-state index < -0.39 is 0 Å². The van der Waals surface area contributed by atoms with Crippen molar-refractivity contribution in [1.82, 2.24) is 0 Å². The zero-order chi connectivity index (χ0) is 17.3. The van der Waals surface area contributed by atoms with Crippen molar-refractivity contribution in [3.05, 3.63) is 0 Å². The van der Waals surface area contributed by atoms with Gasteiger partial charge in [0.1, 0.15) is 0 Å². The number of quaternary nitrogens is 2. The Hall–Kier alpha value is 0.440. The van der Waals surface area contributed by atoms with Crippen LogP contribution in [0.4, 0.5) is 0 Å². The number of hydrogen-bond donors (Lipinski definition) is 2. The van der Waals surface area contributed by atoms with E-state index in [1.807, 2.05) is 0 Å². The lowest BCUT2D eigenvalue weighted by Crippen LogP contribution is -3.10. The Labute approximate surface area is 180 Å². The molecule has 0 heterocycles. The standard InChI is InChI=1S/C21H42N2.2BrH/c1-6-18-21(23(4)5)19-16-14-12-10-8-7-9-11-13-15-17-20-22(2)3;;/h1,21H,7-20H2,2-5H3;2*1H. The fourth-order valence-corrected chi connectivity index (χ4v) is 3.20. The minimum Gasteiger partial charge on any atom is -1.00 e. The molecule has 0 aliphatic heterocycles. The summed E-state index contributed by atoms with van der Waals surface area (Å²) in [4.78, 5) is 3.09. The number of terminal acetylenes is 1. The van der Waals surface area contributed by atoms with Crippen LogP contribution in [0.1, 0.15) is 83.5 Å². The van der Waals surface area contributed by atoms with Gasteiger partial charge in [0.25, 0.3) is 0 Å². The molecule has 4 heteroatoms. The van der Waals surface area contributed by atoms with Crippen LogP contribution in [0.2, 0.25) is 0 Å². The van der Waals surface area contributed by atoms with Crippen molar-refractivity contribution in [3.8, 4) is 12.3 Å². The topological polar surface area (TPSA) is 8.88 Å². The quantitative estimate of drug-likeness (QED) is 0.165. The van der Waals surface area contributed by atoms with Gasteiger partial charge in [-0.25, -0.2) is 0 Å². The Morgan fingerprint density at radius 1 is 0.680 bits per heavy atom. The molecule has 1 atom stereocenters. The van der Waals surface area contributed by atoms with Crippen molar-refractivity contribution in [3.63, 3.8) is 0 Å². The second-order valence-corrected chi connectivity index (χ2v) is 7.82. The molecule has 1 unspecified atom stereocenters. The Morgan fingerprint density at radius 3 is 1.44 bits per heavy atom. The van der Waals surface area contributed by atoms with E-state index in [-0.39, 0.29) is 34.0 Å². The molecule has 2 nitrogen and oxygen atoms in total. The molecule has 0 rings (SSSR count). The van der Waals surface area contributed by atoms with Gasteiger partial charge in [0.15, 0.2) is 0 Å². The minimum atomic E-state index is 0. The molecule has 0 spiro atoms. The average molecular weight is 484 g/mol. The summed E-state index contributed by atoms with van der Waals surface area (Å²) in [6.07, 6.45) is 23.3. The van der Waals surface area contributed by atoms with Gasteiger partial charge in [-0.15, -0.1) is 12.3 Å². The van der Waals surface area contributed by atoms with Gasteiger partial charge in [-0.2, -0.15) is 0 Å². The van der Waals surface area contributed by atoms with Gasteiger partial charge >= 0.3 is 0 Å². The van der Waals surface area contributed by atoms with E-state index in [0.717, 1.165) is 6.42 Å². The van der Waals surface area contributed by atoms with Crippen molar-refractivity contribution < 1.29 is 43.8 Å². The summed E-state index contributed by atoms with van der Waals surface area (Å²) in [7, 11) is 8.95. The first-order valence-electron chi connectivity index (χ1n) is 10.1. The van der Waals surface area contributed by atoms with Gasteiger partial charge in [0.2, 0.25) is 0 Å². The summed E-state index contributed by atoms with van der Waals surface area (Å²) in [5.41, 5.74) is 0. The van der Waals surface area contributed by atoms with Crippen LogP contribution in [0.3, 0.4) is 0 Å². The first-order valence-corrected chi connectivity index (χ1v) is 10.1. The molecular weight excluding hydrogens is 440 g/mol. The lowest BCUT2D eigenvalue weighted by molar-refractivity contribution is -0.885. The highest BCUT2D eigenvalue weighted by Gasteiger charge is 2.12. The van der Waals surface area contributed by atoms with E-state index in [2.05, 4.69) is 34.1 Å². The molecule has 152 valence electrons. The van der Waals surface area contributed by atoms with Crippen LogP contribution in [-0.4, -0.2) is 40.8 Å². The molecule has 0 radical (unpaired) electrons. The highest BCUT2D eigenvalue weighted by molar-refractivity contribution is 4.86. The molecule has 0 amide bonds. The highest BCUT2D eigenvalue weighted by Crippen LogP contribution is 2.12. The third-order valence-corrected chi connectivity index (χ3v) is 4.91. The van der Waals surface area contributed by atoms with Gasteiger partial charge in [-0.3, -0.25) is 0 Å². The predicted octanol–water partition coefficient (Wildman–Crippen LogP) is -3.64. The van der Waals surface area contributed by atoms with Crippen LogP contribution in [0.25, 0.3) is 0 Å². The number of halogens is 2. The molecule has 0 aromatic rings. The van der Waals surface area contributed by atoms with Crippen molar-refractivity contribution in [1.29, 1.82) is 0 Å². The Morgan fingerprint density at radius 2 is 1.08 bits per heavy atom. The Balaban J connectivity index is -0.00000242. The second kappa shape index (κ2) is 22.5. The van der Waals surface area contributed by atoms with Crippen molar-refractivity contribution >= 4 is 0 Å². The summed E-state index contributed by atoms with van der Waals surface area (Å²) in [6.45, 7) is 1.33. The smallest absolute Gasteiger partial charge is 0.0981 e. The zero-order valence-electron chi connectivity index (χ0n) is 17.3. The molecule has 0 saturated carbocycles. The van der Waals surface area contributed by atoms with Crippen LogP contribution in [0.15, 0.2) is 0 Å². The van der Waals surface area contributed by atoms with E-state index in [0.29, 0.717) is 6.04 Å². The van der Waals surface area contributed by atoms with E-state index in [9.17, 15) is 0 Å². The number of hydrogen-bond acceptors (Lipinski definition) is 0. The Bertz CT molecular complexity index is 288. The maximum Gasteiger partial charge on any atom is 0.0981 e. The fraction of sp³-hybridized carbons (Fsp3) is 0.905. The maximum atomic E-state index is 5.45. The number of rotatable bonds is 16. The summed E-state index contributed by atoms with van der Waals surface area (Å²) >= 11 is 0. The SMILES string of the molecule is C#CCC(CCCCCCCCCCCCC[NH+](C)C)[NH+](C)C.[Br-].[Br-]. The van der Waals surface area contributed by atoms with E-state index >= 15 is 0 Å². The van der Waals surface area contributed by atoms with E-state index in [4.69, 9.17) is 6.42 Å². The Kier molecular flexibility index (Phi) is 27.1. The molecule has 0 aliphatic carbocycles. The van der Waals surface area contributed by atoms with Crippen LogP contribution < -0.4 is 43.8 Å². The zero-order valence-corrected chi connectivity index (χ0v) is 20.5. The summed E-state index contributed by atoms with van der Waals surface area (Å²) < 4.78 is 0. The molecule has 0 aliphatic rings. The molecular formula is C21H44Br2N2. The van der Waals surface area contributed by atoms with Crippen LogP contribution >= 0.6 is 0 Å². The maximum absolute atomic E-state index is 5.45. The largest absolute Gasteiger partial charge is 1.00 e. The summed E-state index contributed by atoms with van der Waals surface area (Å²) in [5.74, 6) is 2.83. The lowest BCUT2D eigenvalue weighted by atomic mass is 10.0. The van der Waals surface area contributed by atoms with Crippen LogP contribution in [0, 0.1) is 12.3 Å². The van der Waals surface area contributed by atoms with Gasteiger partial charge in [0.05, 0.1) is 47.2 Å². The van der Waals surface area contributed by atoms with Gasteiger partial charge in [-0.05, 0) is 19.3 Å². The van der Waals surface area contributed by atoms with Gasteiger partial charge < -0.3 is 43.8 Å². The molecule has 2 N–H and O–H groups in total. The molecule has 25 heavy (non-hydrogen) atoms. The van der Waals surface area contributed by atoms with E-state index in [1.54, 1.807) is 4.90 Å². The van der Waals surface area contributed by atoms with Crippen LogP contribution in [-0.2, 0) is 0 Å². The van der Waals surface area contributed by atoms with Gasteiger partial charge in [0, 0.05) is 6.42 Å². The third-order valence-electron chi connectivity index (χ3n) is 4.91. The van der Waals surface area contributed by atoms with E-state index in [1.165, 1.54) is 88.5 Å². The summed E-state index contributed by atoms with van der Waals surface area (Å²) in [5, 5.41) is 0. The first-order chi connectivity index (χ1) is 11.1. The fourth-order valence-electron chi connectivity index (χ4n) is 3.20. The number of nitrogens with one attached hydrogen (secondary N) is 2. The average Bonchev–Trinajstić information content (AvgIpc) is 2.50. The van der Waals surface area contributed by atoms with Gasteiger partial charge in [-0.1, -0.05) is 51.4 Å². The minimum absolute atomic E-state index is 0. The van der Waals surface area contributed by atoms with Crippen LogP contribution in [0.5, 0.6) is 0 Å². The molecule has 0 aromatic heterocycles. The normalized spacial score (nSPS) is 11.7. The number of unbranched alkanes of at least 4 members (excludes halogenated alkanes) is 10. The van der Waals surface area contributed by atoms with Crippen molar-refractivity contribution in [2.75, 3.05) is 34.7 Å². The lowest BCUT2D eigenvalue weighted by Gasteiger charge is -2.19. The molecule has 0 saturated heterocycles. The third kappa shape index (κ3) is 22.4. The second-order valence-electron chi connectivity index (χ2n) is 7.82. The first kappa shape index (κ1) is 30.2. The van der Waals surface area contributed by atoms with Crippen molar-refractivity contribution in [2.45, 2.75) is 89.5 Å². The highest BCUT2D eigenvalue weighted by atomic mass is 79.9. The monoisotopic (exact) mass is 482 g/mol. The molecule has 0 aromatic carbocycles.